The summed E-state index contributed by atoms with van der Waals surface area (Å²) in [5.74, 6) is 2.82. The number of aromatic nitrogens is 2. The fourth-order valence-electron chi connectivity index (χ4n) is 2.26. The van der Waals surface area contributed by atoms with Gasteiger partial charge in [-0.25, -0.2) is 4.98 Å². The van der Waals surface area contributed by atoms with E-state index in [0.29, 0.717) is 29.5 Å². The molecule has 22 heavy (non-hydrogen) atoms. The van der Waals surface area contributed by atoms with Crippen LogP contribution in [0.5, 0.6) is 11.5 Å². The molecule has 0 unspecified atom stereocenters. The molecule has 4 rings (SSSR count). The molecule has 7 heteroatoms. The van der Waals surface area contributed by atoms with Crippen LogP contribution in [0.15, 0.2) is 39.3 Å². The van der Waals surface area contributed by atoms with E-state index < -0.39 is 0 Å². The Balaban J connectivity index is 1.55. The molecule has 0 radical (unpaired) electrons. The van der Waals surface area contributed by atoms with Crippen molar-refractivity contribution < 1.29 is 9.47 Å². The van der Waals surface area contributed by atoms with Gasteiger partial charge in [-0.05, 0) is 29.6 Å². The molecular weight excluding hydrogens is 320 g/mol. The third-order valence-electron chi connectivity index (χ3n) is 3.25. The first kappa shape index (κ1) is 13.7. The molecule has 0 saturated carbocycles. The van der Waals surface area contributed by atoms with Gasteiger partial charge in [0.15, 0.2) is 11.5 Å². The van der Waals surface area contributed by atoms with Gasteiger partial charge in [-0.1, -0.05) is 0 Å². The fraction of sp³-hybridized carbons (Fsp3) is 0.200. The van der Waals surface area contributed by atoms with Gasteiger partial charge in [-0.3, -0.25) is 4.79 Å². The number of H-pyrrole nitrogens is 1. The Morgan fingerprint density at radius 1 is 1.23 bits per heavy atom. The number of thiophene rings is 1. The van der Waals surface area contributed by atoms with E-state index in [1.54, 1.807) is 11.8 Å². The maximum Gasteiger partial charge on any atom is 0.268 e. The predicted molar refractivity (Wildman–Crippen MR) is 87.2 cm³/mol. The van der Waals surface area contributed by atoms with Gasteiger partial charge in [0.1, 0.15) is 23.7 Å². The number of hydrogen-bond acceptors (Lipinski definition) is 6. The summed E-state index contributed by atoms with van der Waals surface area (Å²) in [6.45, 7) is 1.16. The largest absolute Gasteiger partial charge is 0.486 e. The van der Waals surface area contributed by atoms with Crippen LogP contribution < -0.4 is 15.0 Å². The average molecular weight is 332 g/mol. The molecule has 1 aliphatic rings. The molecule has 5 nitrogen and oxygen atoms in total. The molecule has 0 aliphatic carbocycles. The number of ether oxygens (including phenoxy) is 2. The van der Waals surface area contributed by atoms with E-state index in [0.717, 1.165) is 21.9 Å². The Labute approximate surface area is 134 Å². The number of aromatic amines is 1. The second-order valence-corrected chi connectivity index (χ2v) is 6.71. The van der Waals surface area contributed by atoms with Gasteiger partial charge in [-0.15, -0.1) is 23.1 Å². The van der Waals surface area contributed by atoms with E-state index in [-0.39, 0.29) is 5.56 Å². The Bertz CT molecular complexity index is 888. The summed E-state index contributed by atoms with van der Waals surface area (Å²) in [6.07, 6.45) is 0. The summed E-state index contributed by atoms with van der Waals surface area (Å²) in [7, 11) is 0. The number of hydrogen-bond donors (Lipinski definition) is 1. The normalized spacial score (nSPS) is 13.5. The minimum Gasteiger partial charge on any atom is -0.486 e. The van der Waals surface area contributed by atoms with Gasteiger partial charge in [-0.2, -0.15) is 0 Å². The van der Waals surface area contributed by atoms with Crippen molar-refractivity contribution in [1.29, 1.82) is 0 Å². The lowest BCUT2D eigenvalue weighted by molar-refractivity contribution is 0.171. The van der Waals surface area contributed by atoms with Crippen LogP contribution in [-0.2, 0) is 5.75 Å². The Kier molecular flexibility index (Phi) is 3.51. The van der Waals surface area contributed by atoms with E-state index in [1.165, 1.54) is 11.3 Å². The Morgan fingerprint density at radius 3 is 3.00 bits per heavy atom. The van der Waals surface area contributed by atoms with E-state index in [1.807, 2.05) is 29.6 Å². The predicted octanol–water partition coefficient (Wildman–Crippen LogP) is 3.05. The second kappa shape index (κ2) is 5.66. The zero-order valence-corrected chi connectivity index (χ0v) is 13.1. The van der Waals surface area contributed by atoms with Crippen molar-refractivity contribution in [2.45, 2.75) is 10.6 Å². The maximum absolute atomic E-state index is 11.9. The zero-order valence-electron chi connectivity index (χ0n) is 11.5. The topological polar surface area (TPSA) is 64.2 Å². The third kappa shape index (κ3) is 2.57. The van der Waals surface area contributed by atoms with Gasteiger partial charge >= 0.3 is 0 Å². The molecule has 0 bridgehead atoms. The summed E-state index contributed by atoms with van der Waals surface area (Å²) in [4.78, 5) is 20.3. The van der Waals surface area contributed by atoms with Crippen LogP contribution in [0.4, 0.5) is 0 Å². The number of thioether (sulfide) groups is 1. The zero-order chi connectivity index (χ0) is 14.9. The van der Waals surface area contributed by atoms with Crippen LogP contribution in [0.2, 0.25) is 0 Å². The van der Waals surface area contributed by atoms with Crippen molar-refractivity contribution in [2.75, 3.05) is 13.2 Å². The molecule has 0 amide bonds. The summed E-state index contributed by atoms with van der Waals surface area (Å²) in [5, 5.41) is 1.88. The third-order valence-corrected chi connectivity index (χ3v) is 5.16. The minimum atomic E-state index is -0.0715. The monoisotopic (exact) mass is 332 g/mol. The van der Waals surface area contributed by atoms with E-state index in [4.69, 9.17) is 9.47 Å². The van der Waals surface area contributed by atoms with Gasteiger partial charge in [0.2, 0.25) is 0 Å². The highest BCUT2D eigenvalue weighted by molar-refractivity contribution is 7.98. The highest BCUT2D eigenvalue weighted by atomic mass is 32.2. The second-order valence-electron chi connectivity index (χ2n) is 4.74. The molecule has 3 heterocycles. The van der Waals surface area contributed by atoms with Gasteiger partial charge in [0, 0.05) is 4.90 Å². The number of benzene rings is 1. The molecule has 2 aromatic heterocycles. The van der Waals surface area contributed by atoms with E-state index in [9.17, 15) is 4.79 Å². The smallest absolute Gasteiger partial charge is 0.268 e. The summed E-state index contributed by atoms with van der Waals surface area (Å²) >= 11 is 3.01. The number of rotatable bonds is 3. The van der Waals surface area contributed by atoms with Crippen LogP contribution in [0.3, 0.4) is 0 Å². The highest BCUT2D eigenvalue weighted by Gasteiger charge is 2.12. The lowest BCUT2D eigenvalue weighted by Crippen LogP contribution is -2.15. The van der Waals surface area contributed by atoms with Crippen molar-refractivity contribution in [3.05, 3.63) is 45.8 Å². The average Bonchev–Trinajstić information content (AvgIpc) is 3.02. The van der Waals surface area contributed by atoms with Crippen LogP contribution in [0, 0.1) is 0 Å². The fourth-order valence-corrected chi connectivity index (χ4v) is 3.78. The SMILES string of the molecule is O=c1[nH]c(CSc2ccc3c(c2)OCCO3)nc2ccsc12. The molecular formula is C15H12N2O3S2. The van der Waals surface area contributed by atoms with E-state index in [2.05, 4.69) is 9.97 Å². The molecule has 112 valence electrons. The highest BCUT2D eigenvalue weighted by Crippen LogP contribution is 2.34. The number of fused-ring (bicyclic) bond motifs is 2. The Morgan fingerprint density at radius 2 is 2.09 bits per heavy atom. The van der Waals surface area contributed by atoms with Crippen LogP contribution in [-0.4, -0.2) is 23.2 Å². The summed E-state index contributed by atoms with van der Waals surface area (Å²) in [5.41, 5.74) is 0.685. The molecule has 1 aromatic carbocycles. The van der Waals surface area contributed by atoms with Crippen LogP contribution >= 0.6 is 23.1 Å². The van der Waals surface area contributed by atoms with E-state index >= 15 is 0 Å². The molecule has 0 spiro atoms. The lowest BCUT2D eigenvalue weighted by Gasteiger charge is -2.18. The first-order valence-corrected chi connectivity index (χ1v) is 8.65. The molecule has 1 N–H and O–H groups in total. The first-order chi connectivity index (χ1) is 10.8. The van der Waals surface area contributed by atoms with Crippen LogP contribution in [0.25, 0.3) is 10.2 Å². The van der Waals surface area contributed by atoms with Crippen LogP contribution in [0.1, 0.15) is 5.82 Å². The first-order valence-electron chi connectivity index (χ1n) is 6.78. The van der Waals surface area contributed by atoms with Crippen molar-refractivity contribution in [1.82, 2.24) is 9.97 Å². The summed E-state index contributed by atoms with van der Waals surface area (Å²) < 4.78 is 11.7. The van der Waals surface area contributed by atoms with Gasteiger partial charge in [0.05, 0.1) is 11.3 Å². The molecule has 1 aliphatic heterocycles. The standard InChI is InChI=1S/C15H12N2O3S2/c18-15-14-10(3-6-21-14)16-13(17-15)8-22-9-1-2-11-12(7-9)20-5-4-19-11/h1-3,6-7H,4-5,8H2,(H,16,17,18). The quantitative estimate of drug-likeness (QED) is 0.747. The number of nitrogens with one attached hydrogen (secondary N) is 1. The summed E-state index contributed by atoms with van der Waals surface area (Å²) in [6, 6.07) is 7.72. The Hall–Kier alpha value is -1.99. The molecule has 0 saturated heterocycles. The maximum atomic E-state index is 11.9. The van der Waals surface area contributed by atoms with Gasteiger partial charge < -0.3 is 14.5 Å². The molecule has 3 aromatic rings. The number of nitrogens with zero attached hydrogens (tertiary/aromatic N) is 1. The minimum absolute atomic E-state index is 0.0715. The van der Waals surface area contributed by atoms with Crippen molar-refractivity contribution in [2.24, 2.45) is 0 Å². The molecule has 0 fully saturated rings. The lowest BCUT2D eigenvalue weighted by atomic mass is 10.3. The van der Waals surface area contributed by atoms with Crippen molar-refractivity contribution >= 4 is 33.3 Å². The van der Waals surface area contributed by atoms with Crippen molar-refractivity contribution in [3.63, 3.8) is 0 Å². The van der Waals surface area contributed by atoms with Crippen molar-refractivity contribution in [3.8, 4) is 11.5 Å². The molecule has 0 atom stereocenters. The van der Waals surface area contributed by atoms with Gasteiger partial charge in [0.25, 0.3) is 5.56 Å².